The van der Waals surface area contributed by atoms with Crippen LogP contribution in [-0.4, -0.2) is 7.11 Å². The summed E-state index contributed by atoms with van der Waals surface area (Å²) in [5.74, 6) is 5.55. The van der Waals surface area contributed by atoms with Crippen LogP contribution in [0.15, 0.2) is 47.8 Å². The molecule has 108 valence electrons. The van der Waals surface area contributed by atoms with Crippen LogP contribution in [0.3, 0.4) is 0 Å². The lowest BCUT2D eigenvalue weighted by atomic mass is 9.98. The number of hydrazine groups is 1. The highest BCUT2D eigenvalue weighted by Crippen LogP contribution is 2.33. The van der Waals surface area contributed by atoms with Crippen molar-refractivity contribution in [2.45, 2.75) is 6.04 Å². The summed E-state index contributed by atoms with van der Waals surface area (Å²) in [6, 6.07) is 12.7. The van der Waals surface area contributed by atoms with Crippen LogP contribution in [0.1, 0.15) is 17.2 Å². The van der Waals surface area contributed by atoms with Crippen molar-refractivity contribution >= 4 is 21.4 Å². The normalized spacial score (nSPS) is 12.5. The number of methoxy groups -OCH3 is 1. The predicted molar refractivity (Wildman–Crippen MR) is 83.9 cm³/mol. The van der Waals surface area contributed by atoms with Gasteiger partial charge < -0.3 is 4.74 Å². The second-order valence-electron chi connectivity index (χ2n) is 4.68. The number of hydrogen-bond donors (Lipinski definition) is 2. The standard InChI is InChI=1S/C16H15FN2OS/c1-20-14-6-5-11(9-13(14)17)15(19-18)12-4-2-3-10-7-8-21-16(10)12/h2-9,15,19H,18H2,1H3. The zero-order valence-corrected chi connectivity index (χ0v) is 12.3. The number of halogens is 1. The molecule has 1 atom stereocenters. The molecule has 0 aliphatic carbocycles. The third-order valence-corrected chi connectivity index (χ3v) is 4.48. The number of fused-ring (bicyclic) bond motifs is 1. The van der Waals surface area contributed by atoms with Crippen molar-refractivity contribution in [3.63, 3.8) is 0 Å². The molecular weight excluding hydrogens is 287 g/mol. The van der Waals surface area contributed by atoms with E-state index in [9.17, 15) is 4.39 Å². The number of thiophene rings is 1. The van der Waals surface area contributed by atoms with E-state index < -0.39 is 5.82 Å². The third kappa shape index (κ3) is 2.51. The zero-order valence-electron chi connectivity index (χ0n) is 11.5. The molecule has 0 amide bonds. The van der Waals surface area contributed by atoms with Crippen molar-refractivity contribution in [1.29, 1.82) is 0 Å². The summed E-state index contributed by atoms with van der Waals surface area (Å²) in [6.45, 7) is 0. The van der Waals surface area contributed by atoms with E-state index in [0.717, 1.165) is 21.2 Å². The number of rotatable bonds is 4. The molecule has 0 fully saturated rings. The summed E-state index contributed by atoms with van der Waals surface area (Å²) in [7, 11) is 1.45. The molecule has 1 heterocycles. The molecule has 2 aromatic carbocycles. The zero-order chi connectivity index (χ0) is 14.8. The molecule has 0 spiro atoms. The maximum Gasteiger partial charge on any atom is 0.165 e. The van der Waals surface area contributed by atoms with Crippen LogP contribution in [0.4, 0.5) is 4.39 Å². The van der Waals surface area contributed by atoms with Gasteiger partial charge in [0, 0.05) is 4.70 Å². The van der Waals surface area contributed by atoms with Gasteiger partial charge in [-0.2, -0.15) is 0 Å². The molecule has 21 heavy (non-hydrogen) atoms. The van der Waals surface area contributed by atoms with E-state index in [0.29, 0.717) is 0 Å². The Morgan fingerprint density at radius 1 is 1.24 bits per heavy atom. The highest BCUT2D eigenvalue weighted by molar-refractivity contribution is 7.17. The monoisotopic (exact) mass is 302 g/mol. The number of ether oxygens (including phenoxy) is 1. The largest absolute Gasteiger partial charge is 0.494 e. The summed E-state index contributed by atoms with van der Waals surface area (Å²) >= 11 is 1.65. The molecule has 0 aliphatic heterocycles. The van der Waals surface area contributed by atoms with E-state index >= 15 is 0 Å². The van der Waals surface area contributed by atoms with E-state index in [2.05, 4.69) is 17.6 Å². The first-order valence-electron chi connectivity index (χ1n) is 6.50. The molecule has 3 nitrogen and oxygen atoms in total. The van der Waals surface area contributed by atoms with Crippen LogP contribution in [0.25, 0.3) is 10.1 Å². The quantitative estimate of drug-likeness (QED) is 0.572. The average Bonchev–Trinajstić information content (AvgIpc) is 2.97. The first kappa shape index (κ1) is 14.0. The van der Waals surface area contributed by atoms with Gasteiger partial charge in [-0.15, -0.1) is 11.3 Å². The molecule has 1 unspecified atom stereocenters. The number of nitrogens with one attached hydrogen (secondary N) is 1. The molecule has 0 saturated heterocycles. The second kappa shape index (κ2) is 5.81. The van der Waals surface area contributed by atoms with Crippen LogP contribution in [0.2, 0.25) is 0 Å². The SMILES string of the molecule is COc1ccc(C(NN)c2cccc3ccsc23)cc1F. The molecule has 5 heteroatoms. The Morgan fingerprint density at radius 3 is 2.81 bits per heavy atom. The van der Waals surface area contributed by atoms with Gasteiger partial charge >= 0.3 is 0 Å². The Bertz CT molecular complexity index is 772. The maximum absolute atomic E-state index is 13.9. The highest BCUT2D eigenvalue weighted by atomic mass is 32.1. The van der Waals surface area contributed by atoms with Crippen molar-refractivity contribution in [3.05, 3.63) is 64.8 Å². The first-order valence-corrected chi connectivity index (χ1v) is 7.38. The topological polar surface area (TPSA) is 47.3 Å². The summed E-state index contributed by atoms with van der Waals surface area (Å²) < 4.78 is 20.0. The van der Waals surface area contributed by atoms with Crippen LogP contribution < -0.4 is 16.0 Å². The van der Waals surface area contributed by atoms with E-state index in [-0.39, 0.29) is 11.8 Å². The van der Waals surface area contributed by atoms with Crippen molar-refractivity contribution in [3.8, 4) is 5.75 Å². The van der Waals surface area contributed by atoms with Crippen LogP contribution in [-0.2, 0) is 0 Å². The van der Waals surface area contributed by atoms with Crippen molar-refractivity contribution in [2.75, 3.05) is 7.11 Å². The lowest BCUT2D eigenvalue weighted by Crippen LogP contribution is -2.29. The minimum atomic E-state index is -0.395. The van der Waals surface area contributed by atoms with Gasteiger partial charge in [-0.1, -0.05) is 24.3 Å². The Labute approximate surface area is 126 Å². The second-order valence-corrected chi connectivity index (χ2v) is 5.60. The summed E-state index contributed by atoms with van der Waals surface area (Å²) in [4.78, 5) is 0. The van der Waals surface area contributed by atoms with Crippen LogP contribution in [0.5, 0.6) is 5.75 Å². The van der Waals surface area contributed by atoms with Gasteiger partial charge in [0.15, 0.2) is 11.6 Å². The van der Waals surface area contributed by atoms with Gasteiger partial charge in [-0.05, 0) is 40.1 Å². The summed E-state index contributed by atoms with van der Waals surface area (Å²) in [5, 5.41) is 3.20. The fraction of sp³-hybridized carbons (Fsp3) is 0.125. The van der Waals surface area contributed by atoms with Crippen molar-refractivity contribution in [2.24, 2.45) is 5.84 Å². The van der Waals surface area contributed by atoms with E-state index in [4.69, 9.17) is 10.6 Å². The number of benzene rings is 2. The van der Waals surface area contributed by atoms with Crippen LogP contribution >= 0.6 is 11.3 Å². The Morgan fingerprint density at radius 2 is 2.10 bits per heavy atom. The average molecular weight is 302 g/mol. The molecule has 0 saturated carbocycles. The molecule has 3 aromatic rings. The molecule has 0 bridgehead atoms. The first-order chi connectivity index (χ1) is 10.2. The van der Waals surface area contributed by atoms with E-state index in [1.807, 2.05) is 23.6 Å². The summed E-state index contributed by atoms with van der Waals surface area (Å²) in [6.07, 6.45) is 0. The molecule has 0 radical (unpaired) electrons. The van der Waals surface area contributed by atoms with Gasteiger partial charge in [0.2, 0.25) is 0 Å². The van der Waals surface area contributed by atoms with E-state index in [1.165, 1.54) is 13.2 Å². The minimum Gasteiger partial charge on any atom is -0.494 e. The molecule has 0 aliphatic rings. The minimum absolute atomic E-state index is 0.226. The lowest BCUT2D eigenvalue weighted by molar-refractivity contribution is 0.385. The maximum atomic E-state index is 13.9. The third-order valence-electron chi connectivity index (χ3n) is 3.50. The predicted octanol–water partition coefficient (Wildman–Crippen LogP) is 3.60. The lowest BCUT2D eigenvalue weighted by Gasteiger charge is -2.18. The van der Waals surface area contributed by atoms with Crippen molar-refractivity contribution in [1.82, 2.24) is 5.43 Å². The Balaban J connectivity index is 2.10. The fourth-order valence-corrected chi connectivity index (χ4v) is 3.42. The number of hydrogen-bond acceptors (Lipinski definition) is 4. The van der Waals surface area contributed by atoms with Gasteiger partial charge in [0.05, 0.1) is 13.2 Å². The Hall–Kier alpha value is -1.95. The van der Waals surface area contributed by atoms with Gasteiger partial charge in [-0.25, -0.2) is 9.82 Å². The smallest absolute Gasteiger partial charge is 0.165 e. The van der Waals surface area contributed by atoms with Crippen LogP contribution in [0, 0.1) is 5.82 Å². The molecule has 1 aromatic heterocycles. The van der Waals surface area contributed by atoms with Gasteiger partial charge in [0.1, 0.15) is 0 Å². The molecule has 3 N–H and O–H groups in total. The molecule has 3 rings (SSSR count). The van der Waals surface area contributed by atoms with Crippen molar-refractivity contribution < 1.29 is 9.13 Å². The molecular formula is C16H15FN2OS. The number of nitrogens with two attached hydrogens (primary N) is 1. The summed E-state index contributed by atoms with van der Waals surface area (Å²) in [5.41, 5.74) is 4.58. The van der Waals surface area contributed by atoms with Gasteiger partial charge in [0.25, 0.3) is 0 Å². The highest BCUT2D eigenvalue weighted by Gasteiger charge is 2.17. The fourth-order valence-electron chi connectivity index (χ4n) is 2.47. The Kier molecular flexibility index (Phi) is 3.88. The van der Waals surface area contributed by atoms with E-state index in [1.54, 1.807) is 17.4 Å². The van der Waals surface area contributed by atoms with Gasteiger partial charge in [-0.3, -0.25) is 5.84 Å².